The van der Waals surface area contributed by atoms with Crippen molar-refractivity contribution < 1.29 is 5.11 Å². The molecule has 0 saturated heterocycles. The number of rotatable bonds is 4. The van der Waals surface area contributed by atoms with E-state index in [-0.39, 0.29) is 6.61 Å². The lowest BCUT2D eigenvalue weighted by Gasteiger charge is -2.07. The number of aryl methyl sites for hydroxylation is 1. The average molecular weight is 266 g/mol. The number of nitrogens with one attached hydrogen (secondary N) is 1. The molecule has 0 saturated carbocycles. The van der Waals surface area contributed by atoms with E-state index in [1.165, 1.54) is 16.5 Å². The molecule has 2 aromatic carbocycles. The third-order valence-corrected chi connectivity index (χ3v) is 3.57. The molecule has 0 aliphatic rings. The van der Waals surface area contributed by atoms with E-state index in [1.807, 2.05) is 24.3 Å². The van der Waals surface area contributed by atoms with Gasteiger partial charge >= 0.3 is 0 Å². The van der Waals surface area contributed by atoms with Crippen molar-refractivity contribution in [1.82, 2.24) is 4.57 Å². The minimum Gasteiger partial charge on any atom is -0.392 e. The predicted octanol–water partition coefficient (Wildman–Crippen LogP) is 3.28. The third kappa shape index (κ3) is 2.40. The summed E-state index contributed by atoms with van der Waals surface area (Å²) >= 11 is 0. The number of aliphatic hydroxyl groups excluding tert-OH is 1. The minimum atomic E-state index is 0.0732. The molecule has 1 heterocycles. The van der Waals surface area contributed by atoms with E-state index in [9.17, 15) is 0 Å². The van der Waals surface area contributed by atoms with Gasteiger partial charge in [-0.15, -0.1) is 0 Å². The Hall–Kier alpha value is -2.26. The molecule has 0 amide bonds. The van der Waals surface area contributed by atoms with Crippen molar-refractivity contribution in [3.05, 3.63) is 65.9 Å². The van der Waals surface area contributed by atoms with Crippen molar-refractivity contribution in [2.24, 2.45) is 7.05 Å². The van der Waals surface area contributed by atoms with E-state index in [1.54, 1.807) is 0 Å². The largest absolute Gasteiger partial charge is 0.392 e. The van der Waals surface area contributed by atoms with Crippen LogP contribution in [0.15, 0.2) is 54.7 Å². The Morgan fingerprint density at radius 1 is 1.10 bits per heavy atom. The maximum atomic E-state index is 9.16. The van der Waals surface area contributed by atoms with Gasteiger partial charge < -0.3 is 15.0 Å². The van der Waals surface area contributed by atoms with Crippen molar-refractivity contribution in [1.29, 1.82) is 0 Å². The van der Waals surface area contributed by atoms with E-state index in [0.29, 0.717) is 0 Å². The first kappa shape index (κ1) is 12.8. The zero-order valence-corrected chi connectivity index (χ0v) is 11.5. The van der Waals surface area contributed by atoms with Crippen LogP contribution in [0.25, 0.3) is 10.9 Å². The first-order valence-electron chi connectivity index (χ1n) is 6.74. The number of hydrogen-bond donors (Lipinski definition) is 2. The molecule has 3 aromatic rings. The summed E-state index contributed by atoms with van der Waals surface area (Å²) < 4.78 is 2.15. The summed E-state index contributed by atoms with van der Waals surface area (Å²) in [6.45, 7) is 0.847. The summed E-state index contributed by atoms with van der Waals surface area (Å²) in [5, 5.41) is 13.9. The number of nitrogens with zero attached hydrogens (tertiary/aromatic N) is 1. The van der Waals surface area contributed by atoms with E-state index in [4.69, 9.17) is 5.11 Å². The summed E-state index contributed by atoms with van der Waals surface area (Å²) in [4.78, 5) is 0. The number of benzene rings is 2. The predicted molar refractivity (Wildman–Crippen MR) is 82.6 cm³/mol. The van der Waals surface area contributed by atoms with Crippen LogP contribution in [-0.4, -0.2) is 9.67 Å². The molecule has 0 atom stereocenters. The van der Waals surface area contributed by atoms with Crippen LogP contribution in [0.5, 0.6) is 0 Å². The van der Waals surface area contributed by atoms with Crippen LogP contribution >= 0.6 is 0 Å². The highest BCUT2D eigenvalue weighted by Crippen LogP contribution is 2.21. The topological polar surface area (TPSA) is 37.2 Å². The number of anilines is 1. The van der Waals surface area contributed by atoms with Crippen LogP contribution in [0.1, 0.15) is 11.1 Å². The minimum absolute atomic E-state index is 0.0732. The first-order valence-corrected chi connectivity index (χ1v) is 6.74. The number of para-hydroxylation sites is 1. The Morgan fingerprint density at radius 2 is 1.95 bits per heavy atom. The quantitative estimate of drug-likeness (QED) is 0.760. The second-order valence-electron chi connectivity index (χ2n) is 4.99. The zero-order valence-electron chi connectivity index (χ0n) is 11.5. The van der Waals surface area contributed by atoms with Crippen molar-refractivity contribution in [3.8, 4) is 0 Å². The number of fused-ring (bicyclic) bond motifs is 1. The van der Waals surface area contributed by atoms with Crippen LogP contribution in [0.2, 0.25) is 0 Å². The number of aromatic nitrogens is 1. The molecule has 0 unspecified atom stereocenters. The second-order valence-corrected chi connectivity index (χ2v) is 4.99. The summed E-state index contributed by atoms with van der Waals surface area (Å²) in [5.41, 5.74) is 4.48. The molecule has 0 spiro atoms. The molecule has 0 aliphatic heterocycles. The molecule has 2 N–H and O–H groups in total. The van der Waals surface area contributed by atoms with Crippen LogP contribution in [-0.2, 0) is 20.2 Å². The van der Waals surface area contributed by atoms with Gasteiger partial charge in [0.05, 0.1) is 6.61 Å². The molecule has 20 heavy (non-hydrogen) atoms. The molecular weight excluding hydrogens is 248 g/mol. The van der Waals surface area contributed by atoms with Gasteiger partial charge in [-0.3, -0.25) is 0 Å². The molecule has 0 fully saturated rings. The van der Waals surface area contributed by atoms with E-state index in [0.717, 1.165) is 17.8 Å². The van der Waals surface area contributed by atoms with E-state index >= 15 is 0 Å². The Kier molecular flexibility index (Phi) is 3.44. The highest BCUT2D eigenvalue weighted by Gasteiger charge is 2.05. The Morgan fingerprint density at radius 3 is 2.80 bits per heavy atom. The molecule has 102 valence electrons. The summed E-state index contributed by atoms with van der Waals surface area (Å²) in [6, 6.07) is 16.3. The van der Waals surface area contributed by atoms with Crippen LogP contribution in [0.4, 0.5) is 5.69 Å². The Labute approximate surface area is 118 Å². The fourth-order valence-electron chi connectivity index (χ4n) is 2.54. The molecule has 3 rings (SSSR count). The Balaban J connectivity index is 1.83. The summed E-state index contributed by atoms with van der Waals surface area (Å²) in [5.74, 6) is 0. The SMILES string of the molecule is Cn1cc(CNc2cccc(CO)c2)c2ccccc21. The fourth-order valence-corrected chi connectivity index (χ4v) is 2.54. The van der Waals surface area contributed by atoms with Gasteiger partial charge in [-0.2, -0.15) is 0 Å². The Bertz CT molecular complexity index is 731. The van der Waals surface area contributed by atoms with Gasteiger partial charge in [0.2, 0.25) is 0 Å². The average Bonchev–Trinajstić information content (AvgIpc) is 2.82. The van der Waals surface area contributed by atoms with Crippen molar-refractivity contribution in [2.75, 3.05) is 5.32 Å². The monoisotopic (exact) mass is 266 g/mol. The fraction of sp³-hybridized carbons (Fsp3) is 0.176. The van der Waals surface area contributed by atoms with Gasteiger partial charge in [-0.1, -0.05) is 30.3 Å². The normalized spacial score (nSPS) is 10.9. The summed E-state index contributed by atoms with van der Waals surface area (Å²) in [7, 11) is 2.07. The van der Waals surface area contributed by atoms with E-state index in [2.05, 4.69) is 47.4 Å². The molecule has 0 bridgehead atoms. The lowest BCUT2D eigenvalue weighted by Crippen LogP contribution is -1.99. The van der Waals surface area contributed by atoms with Crippen molar-refractivity contribution in [2.45, 2.75) is 13.2 Å². The molecule has 3 nitrogen and oxygen atoms in total. The smallest absolute Gasteiger partial charge is 0.0682 e. The highest BCUT2D eigenvalue weighted by atomic mass is 16.3. The van der Waals surface area contributed by atoms with Crippen LogP contribution < -0.4 is 5.32 Å². The second kappa shape index (κ2) is 5.39. The standard InChI is InChI=1S/C17H18N2O/c1-19-11-14(16-7-2-3-8-17(16)19)10-18-15-6-4-5-13(9-15)12-20/h2-9,11,18,20H,10,12H2,1H3. The van der Waals surface area contributed by atoms with Crippen molar-refractivity contribution in [3.63, 3.8) is 0 Å². The van der Waals surface area contributed by atoms with Crippen LogP contribution in [0.3, 0.4) is 0 Å². The lowest BCUT2D eigenvalue weighted by atomic mass is 10.1. The van der Waals surface area contributed by atoms with E-state index < -0.39 is 0 Å². The van der Waals surface area contributed by atoms with Crippen molar-refractivity contribution >= 4 is 16.6 Å². The lowest BCUT2D eigenvalue weighted by molar-refractivity contribution is 0.282. The van der Waals surface area contributed by atoms with Gasteiger partial charge in [0.25, 0.3) is 0 Å². The number of aliphatic hydroxyl groups is 1. The molecule has 0 radical (unpaired) electrons. The number of hydrogen-bond acceptors (Lipinski definition) is 2. The third-order valence-electron chi connectivity index (χ3n) is 3.57. The first-order chi connectivity index (χ1) is 9.78. The molecule has 3 heteroatoms. The maximum Gasteiger partial charge on any atom is 0.0682 e. The van der Waals surface area contributed by atoms with Crippen LogP contribution in [0, 0.1) is 0 Å². The highest BCUT2D eigenvalue weighted by molar-refractivity contribution is 5.84. The molecule has 1 aromatic heterocycles. The molecular formula is C17H18N2O. The zero-order chi connectivity index (χ0) is 13.9. The van der Waals surface area contributed by atoms with Gasteiger partial charge in [-0.05, 0) is 29.3 Å². The van der Waals surface area contributed by atoms with Gasteiger partial charge in [0.15, 0.2) is 0 Å². The summed E-state index contributed by atoms with van der Waals surface area (Å²) in [6.07, 6.45) is 2.16. The maximum absolute atomic E-state index is 9.16. The van der Waals surface area contributed by atoms with Gasteiger partial charge in [-0.25, -0.2) is 0 Å². The molecule has 0 aliphatic carbocycles. The van der Waals surface area contributed by atoms with Gasteiger partial charge in [0, 0.05) is 36.4 Å². The van der Waals surface area contributed by atoms with Gasteiger partial charge in [0.1, 0.15) is 0 Å².